The fourth-order valence-electron chi connectivity index (χ4n) is 8.53. The van der Waals surface area contributed by atoms with Gasteiger partial charge in [-0.05, 0) is 94.0 Å². The van der Waals surface area contributed by atoms with Gasteiger partial charge in [0.15, 0.2) is 5.58 Å². The van der Waals surface area contributed by atoms with Gasteiger partial charge in [-0.3, -0.25) is 9.97 Å². The van der Waals surface area contributed by atoms with E-state index in [0.717, 1.165) is 122 Å². The zero-order chi connectivity index (χ0) is 39.6. The zero-order valence-electron chi connectivity index (χ0n) is 32.1. The Kier molecular flexibility index (Phi) is 7.74. The van der Waals surface area contributed by atoms with E-state index in [1.54, 1.807) is 12.4 Å². The Morgan fingerprint density at radius 2 is 0.883 bits per heavy atom. The van der Waals surface area contributed by atoms with Gasteiger partial charge in [0.2, 0.25) is 0 Å². The summed E-state index contributed by atoms with van der Waals surface area (Å²) in [6, 6.07) is 62.5. The molecule has 0 saturated heterocycles. The van der Waals surface area contributed by atoms with E-state index in [9.17, 15) is 0 Å². The van der Waals surface area contributed by atoms with Gasteiger partial charge in [0, 0.05) is 44.9 Å². The molecule has 0 amide bonds. The number of para-hydroxylation sites is 2. The highest BCUT2D eigenvalue weighted by molar-refractivity contribution is 6.21. The molecule has 6 heterocycles. The van der Waals surface area contributed by atoms with Crippen LogP contribution in [0, 0.1) is 0 Å². The summed E-state index contributed by atoms with van der Waals surface area (Å²) >= 11 is 0. The highest BCUT2D eigenvalue weighted by Crippen LogP contribution is 2.42. The first-order chi connectivity index (χ1) is 29.7. The molecule has 0 saturated carbocycles. The number of rotatable bonds is 6. The number of nitrogens with zero attached hydrogens (tertiary/aromatic N) is 4. The molecule has 6 nitrogen and oxygen atoms in total. The Labute approximate surface area is 344 Å². The molecule has 0 spiro atoms. The molecule has 60 heavy (non-hydrogen) atoms. The summed E-state index contributed by atoms with van der Waals surface area (Å²) in [5, 5.41) is 5.40. The number of hydrogen-bond donors (Lipinski definition) is 0. The Hall–Kier alpha value is -8.22. The van der Waals surface area contributed by atoms with Crippen LogP contribution in [0.5, 0.6) is 0 Å². The van der Waals surface area contributed by atoms with E-state index >= 15 is 0 Å². The predicted octanol–water partition coefficient (Wildman–Crippen LogP) is 14.2. The van der Waals surface area contributed by atoms with Crippen molar-refractivity contribution in [2.45, 2.75) is 0 Å². The minimum Gasteiger partial charge on any atom is -0.456 e. The SMILES string of the molecule is c1ccc(-c2cc(-c3ccc(-c4ccc(-c5nc6cc(-c7cccc8oc9ccccc9c78)ccc6c6c5oc5ccccc56)cc4)cc3)cc(-c3ccccn3)n2)nc1. The average molecular weight is 769 g/mol. The second-order valence-corrected chi connectivity index (χ2v) is 15.0. The minimum absolute atomic E-state index is 0.781. The van der Waals surface area contributed by atoms with Crippen molar-refractivity contribution in [2.75, 3.05) is 0 Å². The molecule has 0 aliphatic rings. The maximum Gasteiger partial charge on any atom is 0.162 e. The van der Waals surface area contributed by atoms with Gasteiger partial charge in [-0.1, -0.05) is 121 Å². The Morgan fingerprint density at radius 3 is 1.53 bits per heavy atom. The third-order valence-corrected chi connectivity index (χ3v) is 11.4. The molecule has 0 N–H and O–H groups in total. The van der Waals surface area contributed by atoms with Gasteiger partial charge in [0.25, 0.3) is 0 Å². The van der Waals surface area contributed by atoms with Crippen LogP contribution in [-0.2, 0) is 0 Å². The second kappa shape index (κ2) is 13.7. The van der Waals surface area contributed by atoms with E-state index in [4.69, 9.17) is 18.8 Å². The topological polar surface area (TPSA) is 77.8 Å². The molecule has 0 radical (unpaired) electrons. The smallest absolute Gasteiger partial charge is 0.162 e. The van der Waals surface area contributed by atoms with E-state index in [-0.39, 0.29) is 0 Å². The monoisotopic (exact) mass is 768 g/mol. The Balaban J connectivity index is 0.933. The number of benzene rings is 6. The molecule has 6 heteroatoms. The molecule has 280 valence electrons. The van der Waals surface area contributed by atoms with Crippen molar-refractivity contribution in [3.05, 3.63) is 194 Å². The van der Waals surface area contributed by atoms with Crippen molar-refractivity contribution in [3.63, 3.8) is 0 Å². The Bertz CT molecular complexity index is 3520. The normalized spacial score (nSPS) is 11.7. The van der Waals surface area contributed by atoms with E-state index in [0.29, 0.717) is 0 Å². The number of furan rings is 2. The first-order valence-corrected chi connectivity index (χ1v) is 19.9. The van der Waals surface area contributed by atoms with Gasteiger partial charge >= 0.3 is 0 Å². The first kappa shape index (κ1) is 33.9. The molecule has 0 bridgehead atoms. The fraction of sp³-hybridized carbons (Fsp3) is 0. The number of pyridine rings is 4. The first-order valence-electron chi connectivity index (χ1n) is 19.9. The lowest BCUT2D eigenvalue weighted by molar-refractivity contribution is 0.668. The van der Waals surface area contributed by atoms with Crippen molar-refractivity contribution < 1.29 is 8.83 Å². The summed E-state index contributed by atoms with van der Waals surface area (Å²) in [4.78, 5) is 19.5. The van der Waals surface area contributed by atoms with Crippen LogP contribution >= 0.6 is 0 Å². The summed E-state index contributed by atoms with van der Waals surface area (Å²) in [5.74, 6) is 0. The highest BCUT2D eigenvalue weighted by Gasteiger charge is 2.20. The third-order valence-electron chi connectivity index (χ3n) is 11.4. The molecule has 6 aromatic carbocycles. The van der Waals surface area contributed by atoms with Gasteiger partial charge < -0.3 is 8.83 Å². The van der Waals surface area contributed by atoms with Crippen LogP contribution in [-0.4, -0.2) is 19.9 Å². The number of hydrogen-bond acceptors (Lipinski definition) is 6. The Morgan fingerprint density at radius 1 is 0.333 bits per heavy atom. The van der Waals surface area contributed by atoms with E-state index in [2.05, 4.69) is 125 Å². The molecule has 0 aliphatic carbocycles. The van der Waals surface area contributed by atoms with Crippen LogP contribution in [0.2, 0.25) is 0 Å². The molecule has 12 rings (SSSR count). The van der Waals surface area contributed by atoms with Crippen LogP contribution in [0.25, 0.3) is 122 Å². The number of fused-ring (bicyclic) bond motifs is 8. The lowest BCUT2D eigenvalue weighted by Crippen LogP contribution is -1.94. The number of aromatic nitrogens is 4. The third kappa shape index (κ3) is 5.65. The maximum absolute atomic E-state index is 6.61. The van der Waals surface area contributed by atoms with E-state index in [1.807, 2.05) is 66.7 Å². The summed E-state index contributed by atoms with van der Waals surface area (Å²) in [6.07, 6.45) is 3.59. The zero-order valence-corrected chi connectivity index (χ0v) is 32.1. The standard InChI is InChI=1S/C54H32N4O2/c1-3-15-48-41(10-1)51-39(12-9-17-50(51)59-48)37-26-27-40-45(30-37)58-53(54-52(40)42-11-2-4-16-49(42)60-54)36-24-22-34(23-25-36)33-18-20-35(21-19-33)38-31-46(43-13-5-7-28-55-43)57-47(32-38)44-14-6-8-29-56-44/h1-32H. The summed E-state index contributed by atoms with van der Waals surface area (Å²) in [6.45, 7) is 0. The molecule has 0 fully saturated rings. The predicted molar refractivity (Wildman–Crippen MR) is 242 cm³/mol. The molecule has 0 aliphatic heterocycles. The lowest BCUT2D eigenvalue weighted by atomic mass is 9.96. The molecule has 0 unspecified atom stereocenters. The summed E-state index contributed by atoms with van der Waals surface area (Å²) in [5.41, 5.74) is 15.8. The van der Waals surface area contributed by atoms with Crippen LogP contribution in [0.15, 0.2) is 203 Å². The molecular weight excluding hydrogens is 737 g/mol. The van der Waals surface area contributed by atoms with Crippen LogP contribution in [0.4, 0.5) is 0 Å². The van der Waals surface area contributed by atoms with Crippen molar-refractivity contribution in [1.29, 1.82) is 0 Å². The quantitative estimate of drug-likeness (QED) is 0.168. The minimum atomic E-state index is 0.781. The maximum atomic E-state index is 6.61. The largest absolute Gasteiger partial charge is 0.456 e. The van der Waals surface area contributed by atoms with Gasteiger partial charge in [0.05, 0.1) is 28.3 Å². The average Bonchev–Trinajstić information content (AvgIpc) is 3.91. The van der Waals surface area contributed by atoms with Crippen molar-refractivity contribution in [2.24, 2.45) is 0 Å². The molecular formula is C54H32N4O2. The van der Waals surface area contributed by atoms with E-state index < -0.39 is 0 Å². The van der Waals surface area contributed by atoms with Crippen LogP contribution in [0.3, 0.4) is 0 Å². The summed E-state index contributed by atoms with van der Waals surface area (Å²) in [7, 11) is 0. The molecule has 12 aromatic rings. The van der Waals surface area contributed by atoms with Gasteiger partial charge in [0.1, 0.15) is 22.4 Å². The molecule has 6 aromatic heterocycles. The fourth-order valence-corrected chi connectivity index (χ4v) is 8.53. The van der Waals surface area contributed by atoms with Crippen LogP contribution < -0.4 is 0 Å². The second-order valence-electron chi connectivity index (χ2n) is 15.0. The molecule has 0 atom stereocenters. The van der Waals surface area contributed by atoms with Crippen molar-refractivity contribution in [1.82, 2.24) is 19.9 Å². The van der Waals surface area contributed by atoms with Gasteiger partial charge in [-0.25, -0.2) is 9.97 Å². The highest BCUT2D eigenvalue weighted by atomic mass is 16.3. The van der Waals surface area contributed by atoms with Gasteiger partial charge in [-0.2, -0.15) is 0 Å². The van der Waals surface area contributed by atoms with Crippen molar-refractivity contribution in [3.8, 4) is 67.4 Å². The lowest BCUT2D eigenvalue weighted by Gasteiger charge is -2.11. The summed E-state index contributed by atoms with van der Waals surface area (Å²) < 4.78 is 12.9. The van der Waals surface area contributed by atoms with Crippen LogP contribution in [0.1, 0.15) is 0 Å². The van der Waals surface area contributed by atoms with Gasteiger partial charge in [-0.15, -0.1) is 0 Å². The van der Waals surface area contributed by atoms with E-state index in [1.165, 1.54) is 0 Å². The van der Waals surface area contributed by atoms with Crippen molar-refractivity contribution >= 4 is 54.8 Å².